The molecule has 0 saturated carbocycles. The first-order valence-electron chi connectivity index (χ1n) is 8.16. The van der Waals surface area contributed by atoms with Gasteiger partial charge in [0.15, 0.2) is 0 Å². The summed E-state index contributed by atoms with van der Waals surface area (Å²) in [4.78, 5) is 18.1. The second-order valence-electron chi connectivity index (χ2n) is 6.11. The number of hydrogen-bond acceptors (Lipinski definition) is 4. The Labute approximate surface area is 136 Å². The van der Waals surface area contributed by atoms with Crippen LogP contribution in [0.4, 0.5) is 4.79 Å². The number of carbonyl (C=O) groups excluding carboxylic acids is 1. The Hall–Kier alpha value is -1.11. The van der Waals surface area contributed by atoms with E-state index in [0.717, 1.165) is 65.3 Å². The Morgan fingerprint density at radius 1 is 1.36 bits per heavy atom. The number of amides is 2. The highest BCUT2D eigenvalue weighted by Crippen LogP contribution is 2.14. The summed E-state index contributed by atoms with van der Waals surface area (Å²) in [6.45, 7) is 7.07. The zero-order chi connectivity index (χ0) is 15.2. The van der Waals surface area contributed by atoms with E-state index in [1.807, 2.05) is 4.90 Å². The minimum atomic E-state index is 0.0878. The van der Waals surface area contributed by atoms with Gasteiger partial charge < -0.3 is 15.0 Å². The fraction of sp³-hybridized carbons (Fsp3) is 0.688. The summed E-state index contributed by atoms with van der Waals surface area (Å²) in [5, 5.41) is 5.20. The molecule has 2 saturated heterocycles. The van der Waals surface area contributed by atoms with Crippen molar-refractivity contribution in [3.63, 3.8) is 0 Å². The molecule has 1 aromatic rings. The van der Waals surface area contributed by atoms with Gasteiger partial charge in [-0.05, 0) is 24.3 Å². The van der Waals surface area contributed by atoms with Crippen LogP contribution in [0.15, 0.2) is 17.5 Å². The van der Waals surface area contributed by atoms with Gasteiger partial charge in [-0.2, -0.15) is 0 Å². The van der Waals surface area contributed by atoms with E-state index >= 15 is 0 Å². The Bertz CT molecular complexity index is 460. The highest BCUT2D eigenvalue weighted by Gasteiger charge is 2.21. The topological polar surface area (TPSA) is 44.8 Å². The average molecular weight is 323 g/mol. The van der Waals surface area contributed by atoms with Crippen molar-refractivity contribution in [1.82, 2.24) is 15.1 Å². The van der Waals surface area contributed by atoms with Gasteiger partial charge in [0, 0.05) is 56.7 Å². The van der Waals surface area contributed by atoms with E-state index in [0.29, 0.717) is 5.92 Å². The van der Waals surface area contributed by atoms with Crippen LogP contribution in [0.25, 0.3) is 0 Å². The Kier molecular flexibility index (Phi) is 5.70. The number of nitrogens with zero attached hydrogens (tertiary/aromatic N) is 2. The molecule has 22 heavy (non-hydrogen) atoms. The fourth-order valence-corrected chi connectivity index (χ4v) is 3.79. The Morgan fingerprint density at radius 3 is 3.09 bits per heavy atom. The van der Waals surface area contributed by atoms with Crippen molar-refractivity contribution in [2.75, 3.05) is 45.9 Å². The van der Waals surface area contributed by atoms with Crippen LogP contribution >= 0.6 is 11.3 Å². The summed E-state index contributed by atoms with van der Waals surface area (Å²) in [5.41, 5.74) is 0. The number of nitrogens with one attached hydrogen (secondary N) is 1. The summed E-state index contributed by atoms with van der Waals surface area (Å²) in [6.07, 6.45) is 2.11. The molecule has 6 heteroatoms. The number of thiophene rings is 1. The zero-order valence-corrected chi connectivity index (χ0v) is 13.8. The quantitative estimate of drug-likeness (QED) is 0.922. The molecule has 1 atom stereocenters. The standard InChI is InChI=1S/C16H25N3O2S/c20-16(17-11-14-4-9-21-13-14)19-6-2-5-18(7-8-19)12-15-3-1-10-22-15/h1,3,10,14H,2,4-9,11-13H2,(H,17,20)/t14-/m0/s1. The van der Waals surface area contributed by atoms with E-state index < -0.39 is 0 Å². The lowest BCUT2D eigenvalue weighted by Gasteiger charge is -2.22. The van der Waals surface area contributed by atoms with E-state index in [9.17, 15) is 4.79 Å². The van der Waals surface area contributed by atoms with Crippen molar-refractivity contribution in [2.24, 2.45) is 5.92 Å². The van der Waals surface area contributed by atoms with E-state index in [-0.39, 0.29) is 6.03 Å². The second-order valence-corrected chi connectivity index (χ2v) is 7.14. The molecule has 2 fully saturated rings. The molecule has 2 aliphatic heterocycles. The molecule has 2 amide bonds. The maximum atomic E-state index is 12.3. The molecular weight excluding hydrogens is 298 g/mol. The number of ether oxygens (including phenoxy) is 1. The number of urea groups is 1. The summed E-state index contributed by atoms with van der Waals surface area (Å²) < 4.78 is 5.35. The van der Waals surface area contributed by atoms with E-state index in [2.05, 4.69) is 27.7 Å². The van der Waals surface area contributed by atoms with Gasteiger partial charge in [-0.15, -0.1) is 11.3 Å². The van der Waals surface area contributed by atoms with Gasteiger partial charge in [-0.1, -0.05) is 6.07 Å². The summed E-state index contributed by atoms with van der Waals surface area (Å²) in [5.74, 6) is 0.492. The molecule has 0 aliphatic carbocycles. The maximum Gasteiger partial charge on any atom is 0.317 e. The van der Waals surface area contributed by atoms with Crippen LogP contribution in [0.1, 0.15) is 17.7 Å². The highest BCUT2D eigenvalue weighted by atomic mass is 32.1. The molecule has 3 heterocycles. The van der Waals surface area contributed by atoms with Crippen LogP contribution in [-0.4, -0.2) is 61.8 Å². The normalized spacial score (nSPS) is 23.5. The highest BCUT2D eigenvalue weighted by molar-refractivity contribution is 7.09. The van der Waals surface area contributed by atoms with Crippen molar-refractivity contribution in [1.29, 1.82) is 0 Å². The van der Waals surface area contributed by atoms with Crippen LogP contribution in [0.5, 0.6) is 0 Å². The van der Waals surface area contributed by atoms with Crippen LogP contribution in [0.2, 0.25) is 0 Å². The van der Waals surface area contributed by atoms with E-state index in [1.54, 1.807) is 11.3 Å². The van der Waals surface area contributed by atoms with Crippen molar-refractivity contribution < 1.29 is 9.53 Å². The third-order valence-electron chi connectivity index (χ3n) is 4.40. The zero-order valence-electron chi connectivity index (χ0n) is 13.0. The van der Waals surface area contributed by atoms with E-state index in [1.165, 1.54) is 4.88 Å². The fourth-order valence-electron chi connectivity index (χ4n) is 3.04. The third kappa shape index (κ3) is 4.44. The molecule has 0 spiro atoms. The SMILES string of the molecule is O=C(NC[C@@H]1CCOC1)N1CCCN(Cc2cccs2)CC1. The monoisotopic (exact) mass is 323 g/mol. The molecule has 1 aromatic heterocycles. The predicted molar refractivity (Wildman–Crippen MR) is 88.1 cm³/mol. The molecule has 0 unspecified atom stereocenters. The summed E-state index contributed by atoms with van der Waals surface area (Å²) in [7, 11) is 0. The van der Waals surface area contributed by atoms with Crippen molar-refractivity contribution in [2.45, 2.75) is 19.4 Å². The van der Waals surface area contributed by atoms with Crippen LogP contribution < -0.4 is 5.32 Å². The first kappa shape index (κ1) is 15.8. The van der Waals surface area contributed by atoms with Gasteiger partial charge in [0.25, 0.3) is 0 Å². The van der Waals surface area contributed by atoms with Gasteiger partial charge in [0.2, 0.25) is 0 Å². The second kappa shape index (κ2) is 7.94. The Balaban J connectivity index is 1.42. The van der Waals surface area contributed by atoms with Crippen LogP contribution in [0, 0.1) is 5.92 Å². The average Bonchev–Trinajstić information content (AvgIpc) is 3.16. The van der Waals surface area contributed by atoms with Crippen LogP contribution in [-0.2, 0) is 11.3 Å². The lowest BCUT2D eigenvalue weighted by molar-refractivity contribution is 0.180. The van der Waals surface area contributed by atoms with Gasteiger partial charge in [0.1, 0.15) is 0 Å². The first-order valence-corrected chi connectivity index (χ1v) is 9.04. The minimum Gasteiger partial charge on any atom is -0.381 e. The lowest BCUT2D eigenvalue weighted by Crippen LogP contribution is -2.43. The molecule has 1 N–H and O–H groups in total. The summed E-state index contributed by atoms with van der Waals surface area (Å²) >= 11 is 1.81. The molecule has 5 nitrogen and oxygen atoms in total. The van der Waals surface area contributed by atoms with Crippen molar-refractivity contribution >= 4 is 17.4 Å². The molecule has 2 aliphatic rings. The minimum absolute atomic E-state index is 0.0878. The van der Waals surface area contributed by atoms with Gasteiger partial charge in [-0.3, -0.25) is 4.90 Å². The summed E-state index contributed by atoms with van der Waals surface area (Å²) in [6, 6.07) is 4.37. The van der Waals surface area contributed by atoms with Crippen LogP contribution in [0.3, 0.4) is 0 Å². The number of carbonyl (C=O) groups is 1. The molecule has 3 rings (SSSR count). The Morgan fingerprint density at radius 2 is 2.32 bits per heavy atom. The first-order chi connectivity index (χ1) is 10.8. The number of rotatable bonds is 4. The lowest BCUT2D eigenvalue weighted by atomic mass is 10.1. The molecule has 0 aromatic carbocycles. The van der Waals surface area contributed by atoms with E-state index in [4.69, 9.17) is 4.74 Å². The molecular formula is C16H25N3O2S. The smallest absolute Gasteiger partial charge is 0.317 e. The van der Waals surface area contributed by atoms with Crippen molar-refractivity contribution in [3.8, 4) is 0 Å². The molecule has 122 valence electrons. The van der Waals surface area contributed by atoms with Gasteiger partial charge in [-0.25, -0.2) is 4.79 Å². The predicted octanol–water partition coefficient (Wildman–Crippen LogP) is 2.00. The van der Waals surface area contributed by atoms with Gasteiger partial charge >= 0.3 is 6.03 Å². The molecule has 0 bridgehead atoms. The maximum absolute atomic E-state index is 12.3. The van der Waals surface area contributed by atoms with Crippen molar-refractivity contribution in [3.05, 3.63) is 22.4 Å². The number of hydrogen-bond donors (Lipinski definition) is 1. The van der Waals surface area contributed by atoms with Gasteiger partial charge in [0.05, 0.1) is 6.61 Å². The largest absolute Gasteiger partial charge is 0.381 e. The third-order valence-corrected chi connectivity index (χ3v) is 5.26. The molecule has 0 radical (unpaired) electrons.